The molecule has 1 aliphatic carbocycles. The molecule has 0 aromatic heterocycles. The van der Waals surface area contributed by atoms with E-state index in [1.807, 2.05) is 37.2 Å². The van der Waals surface area contributed by atoms with Crippen LogP contribution in [-0.4, -0.2) is 113 Å². The first-order chi connectivity index (χ1) is 23.5. The summed E-state index contributed by atoms with van der Waals surface area (Å²) >= 11 is 13.1. The SMILES string of the molecule is CN(C)c1c(Cl)cc(Cl)cc1CN1CC2N(C(=O)CN(C)N2C(=O)NC2CCN(Cc3ccccc3)CC2)[C@@H](CC2C=CC(O)=CC2)C1=O. The minimum atomic E-state index is -0.808. The molecular weight excluding hydrogens is 665 g/mol. The van der Waals surface area contributed by atoms with Crippen molar-refractivity contribution in [3.63, 3.8) is 0 Å². The molecule has 49 heavy (non-hydrogen) atoms. The van der Waals surface area contributed by atoms with Crippen LogP contribution in [0, 0.1) is 5.92 Å². The Kier molecular flexibility index (Phi) is 10.7. The zero-order valence-corrected chi connectivity index (χ0v) is 29.8. The molecule has 13 heteroatoms. The Morgan fingerprint density at radius 2 is 1.80 bits per heavy atom. The number of aliphatic hydroxyl groups is 1. The van der Waals surface area contributed by atoms with Gasteiger partial charge >= 0.3 is 6.03 Å². The number of piperidine rings is 1. The highest BCUT2D eigenvalue weighted by Gasteiger charge is 2.51. The maximum atomic E-state index is 14.4. The van der Waals surface area contributed by atoms with E-state index in [0.29, 0.717) is 22.9 Å². The number of nitrogens with zero attached hydrogens (tertiary/aromatic N) is 6. The van der Waals surface area contributed by atoms with Crippen LogP contribution in [0.1, 0.15) is 36.8 Å². The van der Waals surface area contributed by atoms with Crippen LogP contribution >= 0.6 is 23.2 Å². The summed E-state index contributed by atoms with van der Waals surface area (Å²) in [5, 5.41) is 17.4. The van der Waals surface area contributed by atoms with Gasteiger partial charge in [0.2, 0.25) is 11.8 Å². The Hall–Kier alpha value is -3.77. The number of hydrazine groups is 1. The fourth-order valence-electron chi connectivity index (χ4n) is 7.56. The Morgan fingerprint density at radius 1 is 1.06 bits per heavy atom. The van der Waals surface area contributed by atoms with E-state index in [4.69, 9.17) is 23.2 Å². The summed E-state index contributed by atoms with van der Waals surface area (Å²) < 4.78 is 0. The number of likely N-dealkylation sites (N-methyl/N-ethyl adjacent to an activating group) is 1. The van der Waals surface area contributed by atoms with E-state index in [2.05, 4.69) is 34.5 Å². The van der Waals surface area contributed by atoms with Gasteiger partial charge in [-0.1, -0.05) is 59.6 Å². The van der Waals surface area contributed by atoms with E-state index >= 15 is 0 Å². The minimum Gasteiger partial charge on any atom is -0.508 e. The Balaban J connectivity index is 1.24. The predicted molar refractivity (Wildman–Crippen MR) is 191 cm³/mol. The van der Waals surface area contributed by atoms with Gasteiger partial charge in [0.25, 0.3) is 0 Å². The quantitative estimate of drug-likeness (QED) is 0.403. The van der Waals surface area contributed by atoms with E-state index in [-0.39, 0.29) is 55.2 Å². The number of carbonyl (C=O) groups is 3. The molecule has 0 bridgehead atoms. The number of fused-ring (bicyclic) bond motifs is 1. The summed E-state index contributed by atoms with van der Waals surface area (Å²) in [5.74, 6) is -0.293. The fraction of sp³-hybridized carbons (Fsp3) is 0.472. The van der Waals surface area contributed by atoms with Crippen molar-refractivity contribution in [2.45, 2.75) is 57.0 Å². The van der Waals surface area contributed by atoms with Crippen molar-refractivity contribution in [1.82, 2.24) is 30.0 Å². The average Bonchev–Trinajstić information content (AvgIpc) is 3.04. The predicted octanol–water partition coefficient (Wildman–Crippen LogP) is 4.87. The van der Waals surface area contributed by atoms with Crippen LogP contribution in [-0.2, 0) is 22.7 Å². The van der Waals surface area contributed by atoms with E-state index in [0.717, 1.165) is 43.7 Å². The molecule has 6 rings (SSSR count). The second kappa shape index (κ2) is 15.0. The van der Waals surface area contributed by atoms with Crippen LogP contribution in [0.25, 0.3) is 0 Å². The third-order valence-corrected chi connectivity index (χ3v) is 10.4. The summed E-state index contributed by atoms with van der Waals surface area (Å²) in [6.07, 6.45) is 7.04. The molecule has 0 saturated carbocycles. The smallest absolute Gasteiger partial charge is 0.334 e. The van der Waals surface area contributed by atoms with Crippen LogP contribution in [0.5, 0.6) is 0 Å². The van der Waals surface area contributed by atoms with Gasteiger partial charge < -0.3 is 25.1 Å². The molecular formula is C36H45Cl2N7O4. The lowest BCUT2D eigenvalue weighted by molar-refractivity contribution is -0.188. The Labute approximate surface area is 298 Å². The number of carbonyl (C=O) groups excluding carboxylic acids is 3. The zero-order chi connectivity index (χ0) is 34.8. The van der Waals surface area contributed by atoms with E-state index in [1.54, 1.807) is 45.1 Å². The molecule has 3 saturated heterocycles. The van der Waals surface area contributed by atoms with Gasteiger partial charge in [-0.25, -0.2) is 14.8 Å². The number of piperazine rings is 1. The molecule has 3 atom stereocenters. The first-order valence-corrected chi connectivity index (χ1v) is 17.6. The summed E-state index contributed by atoms with van der Waals surface area (Å²) in [4.78, 5) is 49.9. The molecule has 3 heterocycles. The maximum Gasteiger partial charge on any atom is 0.334 e. The third kappa shape index (κ3) is 7.85. The second-order valence-electron chi connectivity index (χ2n) is 13.7. The normalized spacial score (nSPS) is 23.8. The summed E-state index contributed by atoms with van der Waals surface area (Å²) in [5.41, 5.74) is 2.78. The van der Waals surface area contributed by atoms with Crippen LogP contribution in [0.15, 0.2) is 66.5 Å². The molecule has 3 aliphatic heterocycles. The van der Waals surface area contributed by atoms with Crippen molar-refractivity contribution in [2.24, 2.45) is 5.92 Å². The van der Waals surface area contributed by atoms with E-state index in [1.165, 1.54) is 5.56 Å². The lowest BCUT2D eigenvalue weighted by atomic mass is 9.89. The summed E-state index contributed by atoms with van der Waals surface area (Å²) in [7, 11) is 5.50. The molecule has 4 aliphatic rings. The number of halogens is 2. The van der Waals surface area contributed by atoms with Crippen molar-refractivity contribution >= 4 is 46.7 Å². The Bertz CT molecular complexity index is 1610. The van der Waals surface area contributed by atoms with Gasteiger partial charge in [-0.05, 0) is 67.0 Å². The van der Waals surface area contributed by atoms with E-state index in [9.17, 15) is 19.5 Å². The van der Waals surface area contributed by atoms with Gasteiger partial charge in [-0.3, -0.25) is 14.5 Å². The molecule has 2 N–H and O–H groups in total. The fourth-order valence-corrected chi connectivity index (χ4v) is 8.26. The number of hydrogen-bond donors (Lipinski definition) is 2. The zero-order valence-electron chi connectivity index (χ0n) is 28.3. The number of anilines is 1. The number of rotatable bonds is 8. The molecule has 3 fully saturated rings. The molecule has 2 unspecified atom stereocenters. The summed E-state index contributed by atoms with van der Waals surface area (Å²) in [6.45, 7) is 2.89. The third-order valence-electron chi connectivity index (χ3n) is 9.92. The topological polar surface area (TPSA) is 103 Å². The monoisotopic (exact) mass is 709 g/mol. The molecule has 2 aromatic carbocycles. The lowest BCUT2D eigenvalue weighted by Crippen LogP contribution is -2.76. The molecule has 11 nitrogen and oxygen atoms in total. The van der Waals surface area contributed by atoms with Gasteiger partial charge in [0, 0.05) is 58.4 Å². The van der Waals surface area contributed by atoms with E-state index < -0.39 is 12.2 Å². The van der Waals surface area contributed by atoms with Gasteiger partial charge in [0.15, 0.2) is 0 Å². The standard InChI is InChI=1S/C36H45Cl2N7O4/c1-40(2)34-26(18-27(37)19-30(34)38)21-43-22-32-44(31(35(43)48)17-24-9-11-29(46)12-10-24)33(47)23-41(3)45(32)36(49)39-28-13-15-42(16-14-28)20-25-7-5-4-6-8-25/h4-9,11-12,18-19,24,28,31-32,46H,10,13-17,20-23H2,1-3H3,(H,39,49)/t24?,31-,32?/m0/s1. The highest BCUT2D eigenvalue weighted by Crippen LogP contribution is 2.36. The van der Waals surface area contributed by atoms with Crippen LogP contribution in [0.3, 0.4) is 0 Å². The number of benzene rings is 2. The molecule has 0 radical (unpaired) electrons. The van der Waals surface area contributed by atoms with Gasteiger partial charge in [-0.2, -0.15) is 0 Å². The molecule has 0 spiro atoms. The average molecular weight is 711 g/mol. The number of allylic oxidation sites excluding steroid dienone is 3. The van der Waals surface area contributed by atoms with Crippen molar-refractivity contribution < 1.29 is 19.5 Å². The Morgan fingerprint density at radius 3 is 2.47 bits per heavy atom. The van der Waals surface area contributed by atoms with Crippen molar-refractivity contribution in [3.8, 4) is 0 Å². The van der Waals surface area contributed by atoms with Gasteiger partial charge in [-0.15, -0.1) is 0 Å². The maximum absolute atomic E-state index is 14.4. The first kappa shape index (κ1) is 35.1. The highest BCUT2D eigenvalue weighted by molar-refractivity contribution is 6.36. The van der Waals surface area contributed by atoms with Gasteiger partial charge in [0.1, 0.15) is 18.0 Å². The number of aliphatic hydroxyl groups excluding tert-OH is 1. The number of urea groups is 1. The van der Waals surface area contributed by atoms with Crippen LogP contribution in [0.4, 0.5) is 10.5 Å². The number of nitrogens with one attached hydrogen (secondary N) is 1. The molecule has 262 valence electrons. The molecule has 2 aromatic rings. The lowest BCUT2D eigenvalue weighted by Gasteiger charge is -2.55. The van der Waals surface area contributed by atoms with Crippen molar-refractivity contribution in [1.29, 1.82) is 0 Å². The second-order valence-corrected chi connectivity index (χ2v) is 14.5. The highest BCUT2D eigenvalue weighted by atomic mass is 35.5. The number of likely N-dealkylation sites (tertiary alicyclic amines) is 1. The minimum absolute atomic E-state index is 0.0146. The number of amides is 4. The number of hydrogen-bond acceptors (Lipinski definition) is 7. The summed E-state index contributed by atoms with van der Waals surface area (Å²) in [6, 6.07) is 12.8. The van der Waals surface area contributed by atoms with Crippen molar-refractivity contribution in [3.05, 3.63) is 87.6 Å². The van der Waals surface area contributed by atoms with Crippen LogP contribution in [0.2, 0.25) is 10.0 Å². The largest absolute Gasteiger partial charge is 0.508 e. The van der Waals surface area contributed by atoms with Gasteiger partial charge in [0.05, 0.1) is 23.8 Å². The van der Waals surface area contributed by atoms with Crippen molar-refractivity contribution in [2.75, 3.05) is 52.2 Å². The van der Waals surface area contributed by atoms with Crippen LogP contribution < -0.4 is 10.2 Å². The first-order valence-electron chi connectivity index (χ1n) is 16.9. The molecule has 4 amide bonds.